The highest BCUT2D eigenvalue weighted by Crippen LogP contribution is 2.36. The molecule has 2 rings (SSSR count). The Hall–Kier alpha value is -1.02. The van der Waals surface area contributed by atoms with Gasteiger partial charge in [-0.2, -0.15) is 0 Å². The van der Waals surface area contributed by atoms with Gasteiger partial charge in [-0.3, -0.25) is 0 Å². The van der Waals surface area contributed by atoms with Crippen LogP contribution >= 0.6 is 0 Å². The van der Waals surface area contributed by atoms with E-state index in [1.807, 2.05) is 7.05 Å². The monoisotopic (exact) mass is 289 g/mol. The zero-order chi connectivity index (χ0) is 15.4. The van der Waals surface area contributed by atoms with Crippen molar-refractivity contribution < 1.29 is 4.74 Å². The topological polar surface area (TPSA) is 21.3 Å². The van der Waals surface area contributed by atoms with Crippen LogP contribution in [0.2, 0.25) is 0 Å². The van der Waals surface area contributed by atoms with Crippen LogP contribution in [0.4, 0.5) is 0 Å². The minimum absolute atomic E-state index is 0.376. The van der Waals surface area contributed by atoms with Gasteiger partial charge in [0.1, 0.15) is 11.9 Å². The molecule has 0 spiro atoms. The van der Waals surface area contributed by atoms with Crippen LogP contribution in [0.1, 0.15) is 58.6 Å². The second kappa shape index (κ2) is 7.31. The third-order valence-corrected chi connectivity index (χ3v) is 5.06. The quantitative estimate of drug-likeness (QED) is 0.840. The molecule has 21 heavy (non-hydrogen) atoms. The van der Waals surface area contributed by atoms with E-state index in [9.17, 15) is 0 Å². The summed E-state index contributed by atoms with van der Waals surface area (Å²) in [5, 5.41) is 3.27. The molecule has 2 heteroatoms. The van der Waals surface area contributed by atoms with Crippen LogP contribution in [-0.2, 0) is 0 Å². The molecule has 1 aliphatic carbocycles. The number of hydrogen-bond donors (Lipinski definition) is 1. The van der Waals surface area contributed by atoms with Crippen LogP contribution in [0.3, 0.4) is 0 Å². The highest BCUT2D eigenvalue weighted by Gasteiger charge is 2.32. The lowest BCUT2D eigenvalue weighted by Gasteiger charge is -2.37. The van der Waals surface area contributed by atoms with Gasteiger partial charge >= 0.3 is 0 Å². The van der Waals surface area contributed by atoms with Gasteiger partial charge in [0, 0.05) is 6.04 Å². The van der Waals surface area contributed by atoms with Gasteiger partial charge in [0.2, 0.25) is 0 Å². The van der Waals surface area contributed by atoms with Gasteiger partial charge in [-0.25, -0.2) is 0 Å². The number of ether oxygens (including phenoxy) is 1. The summed E-state index contributed by atoms with van der Waals surface area (Å²) in [6, 6.07) is 8.98. The number of benzene rings is 1. The minimum Gasteiger partial charge on any atom is -0.490 e. The number of nitrogens with one attached hydrogen (secondary N) is 1. The zero-order valence-electron chi connectivity index (χ0n) is 14.2. The van der Waals surface area contributed by atoms with Crippen LogP contribution in [0.15, 0.2) is 24.3 Å². The third-order valence-electron chi connectivity index (χ3n) is 5.06. The van der Waals surface area contributed by atoms with Crippen molar-refractivity contribution in [3.63, 3.8) is 0 Å². The molecule has 118 valence electrons. The van der Waals surface area contributed by atoms with E-state index in [0.29, 0.717) is 24.0 Å². The highest BCUT2D eigenvalue weighted by atomic mass is 16.5. The van der Waals surface area contributed by atoms with Crippen LogP contribution in [0, 0.1) is 17.8 Å². The molecular weight excluding hydrogens is 258 g/mol. The maximum atomic E-state index is 6.35. The van der Waals surface area contributed by atoms with Crippen LogP contribution in [0.5, 0.6) is 5.75 Å². The molecule has 0 aliphatic heterocycles. The Labute approximate surface area is 130 Å². The van der Waals surface area contributed by atoms with E-state index in [-0.39, 0.29) is 0 Å². The zero-order valence-corrected chi connectivity index (χ0v) is 14.2. The van der Waals surface area contributed by atoms with Crippen LogP contribution in [0.25, 0.3) is 0 Å². The molecule has 1 fully saturated rings. The maximum Gasteiger partial charge on any atom is 0.119 e. The average Bonchev–Trinajstić information content (AvgIpc) is 2.47. The molecule has 0 heterocycles. The molecule has 4 unspecified atom stereocenters. The van der Waals surface area contributed by atoms with Gasteiger partial charge in [0.15, 0.2) is 0 Å². The summed E-state index contributed by atoms with van der Waals surface area (Å²) in [7, 11) is 1.99. The van der Waals surface area contributed by atoms with E-state index >= 15 is 0 Å². The summed E-state index contributed by atoms with van der Waals surface area (Å²) in [4.78, 5) is 0. The molecule has 4 atom stereocenters. The van der Waals surface area contributed by atoms with E-state index in [1.54, 1.807) is 0 Å². The molecule has 0 amide bonds. The summed E-state index contributed by atoms with van der Waals surface area (Å²) < 4.78 is 6.35. The van der Waals surface area contributed by atoms with Gasteiger partial charge in [0.25, 0.3) is 0 Å². The normalized spacial score (nSPS) is 27.6. The van der Waals surface area contributed by atoms with Gasteiger partial charge in [-0.05, 0) is 62.3 Å². The van der Waals surface area contributed by atoms with Gasteiger partial charge in [-0.15, -0.1) is 0 Å². The number of hydrogen-bond acceptors (Lipinski definition) is 2. The molecule has 0 aromatic heterocycles. The first-order valence-corrected chi connectivity index (χ1v) is 8.45. The second-order valence-electron chi connectivity index (χ2n) is 7.06. The first kappa shape index (κ1) is 16.4. The lowest BCUT2D eigenvalue weighted by molar-refractivity contribution is 0.0460. The first-order valence-electron chi connectivity index (χ1n) is 8.45. The predicted molar refractivity (Wildman–Crippen MR) is 89.7 cm³/mol. The van der Waals surface area contributed by atoms with Crippen molar-refractivity contribution in [3.8, 4) is 5.75 Å². The van der Waals surface area contributed by atoms with E-state index < -0.39 is 0 Å². The smallest absolute Gasteiger partial charge is 0.119 e. The van der Waals surface area contributed by atoms with E-state index in [0.717, 1.165) is 11.7 Å². The predicted octanol–water partition coefficient (Wildman–Crippen LogP) is 4.81. The molecule has 1 saturated carbocycles. The largest absolute Gasteiger partial charge is 0.490 e. The molecular formula is C19H31NO. The summed E-state index contributed by atoms with van der Waals surface area (Å²) in [5.74, 6) is 3.20. The van der Waals surface area contributed by atoms with Crippen molar-refractivity contribution in [3.05, 3.63) is 29.8 Å². The fourth-order valence-electron chi connectivity index (χ4n) is 3.43. The van der Waals surface area contributed by atoms with E-state index in [4.69, 9.17) is 4.74 Å². The van der Waals surface area contributed by atoms with Gasteiger partial charge in [0.05, 0.1) is 0 Å². The molecule has 0 radical (unpaired) electrons. The summed E-state index contributed by atoms with van der Waals surface area (Å²) in [6.07, 6.45) is 4.22. The van der Waals surface area contributed by atoms with Crippen LogP contribution in [-0.4, -0.2) is 13.2 Å². The maximum absolute atomic E-state index is 6.35. The van der Waals surface area contributed by atoms with E-state index in [1.165, 1.54) is 24.8 Å². The SMILES string of the molecule is CNC(C)c1ccc(OC2CC(C)CCC2C(C)C)cc1. The molecule has 0 saturated heterocycles. The summed E-state index contributed by atoms with van der Waals surface area (Å²) in [6.45, 7) is 9.18. The van der Waals surface area contributed by atoms with Crippen molar-refractivity contribution in [1.82, 2.24) is 5.32 Å². The Morgan fingerprint density at radius 1 is 1.10 bits per heavy atom. The minimum atomic E-state index is 0.376. The average molecular weight is 289 g/mol. The Morgan fingerprint density at radius 3 is 2.33 bits per heavy atom. The van der Waals surface area contributed by atoms with Crippen molar-refractivity contribution in [1.29, 1.82) is 0 Å². The molecule has 1 N–H and O–H groups in total. The Morgan fingerprint density at radius 2 is 1.76 bits per heavy atom. The van der Waals surface area contributed by atoms with Gasteiger partial charge < -0.3 is 10.1 Å². The highest BCUT2D eigenvalue weighted by molar-refractivity contribution is 5.29. The molecule has 1 aromatic carbocycles. The molecule has 1 aromatic rings. The Balaban J connectivity index is 2.04. The lowest BCUT2D eigenvalue weighted by Crippen LogP contribution is -2.36. The molecule has 2 nitrogen and oxygen atoms in total. The van der Waals surface area contributed by atoms with Gasteiger partial charge in [-0.1, -0.05) is 39.3 Å². The fourth-order valence-corrected chi connectivity index (χ4v) is 3.43. The fraction of sp³-hybridized carbons (Fsp3) is 0.684. The molecule has 1 aliphatic rings. The lowest BCUT2D eigenvalue weighted by atomic mass is 9.75. The van der Waals surface area contributed by atoms with E-state index in [2.05, 4.69) is 57.3 Å². The van der Waals surface area contributed by atoms with Crippen molar-refractivity contribution in [2.75, 3.05) is 7.05 Å². The summed E-state index contributed by atoms with van der Waals surface area (Å²) in [5.41, 5.74) is 1.31. The standard InChI is InChI=1S/C19H31NO/c1-13(2)18-11-6-14(3)12-19(18)21-17-9-7-16(8-10-17)15(4)20-5/h7-10,13-15,18-20H,6,11-12H2,1-5H3. The summed E-state index contributed by atoms with van der Waals surface area (Å²) >= 11 is 0. The second-order valence-corrected chi connectivity index (χ2v) is 7.06. The van der Waals surface area contributed by atoms with Crippen molar-refractivity contribution in [2.24, 2.45) is 17.8 Å². The number of rotatable bonds is 5. The molecule has 0 bridgehead atoms. The first-order chi connectivity index (χ1) is 10.0. The Kier molecular flexibility index (Phi) is 5.69. The Bertz CT molecular complexity index is 426. The van der Waals surface area contributed by atoms with Crippen molar-refractivity contribution in [2.45, 2.75) is 59.1 Å². The van der Waals surface area contributed by atoms with Crippen molar-refractivity contribution >= 4 is 0 Å². The third kappa shape index (κ3) is 4.23. The van der Waals surface area contributed by atoms with Crippen LogP contribution < -0.4 is 10.1 Å².